The van der Waals surface area contributed by atoms with Crippen molar-refractivity contribution >= 4 is 47.5 Å². The molecule has 0 unspecified atom stereocenters. The van der Waals surface area contributed by atoms with Gasteiger partial charge in [-0.05, 0) is 122 Å². The molecule has 22 heteroatoms. The van der Waals surface area contributed by atoms with Crippen molar-refractivity contribution in [3.8, 4) is 11.5 Å². The Labute approximate surface area is 564 Å². The monoisotopic (exact) mass is 1320 g/mol. The van der Waals surface area contributed by atoms with Crippen molar-refractivity contribution < 1.29 is 66.8 Å². The van der Waals surface area contributed by atoms with Crippen LogP contribution in [0.5, 0.6) is 11.5 Å². The summed E-state index contributed by atoms with van der Waals surface area (Å²) >= 11 is 0. The van der Waals surface area contributed by atoms with Gasteiger partial charge in [0.1, 0.15) is 48.9 Å². The standard InChI is InChI=1S/C74H96N8O14/c1-47(2)37-61-71(87)93-52(10)68(84)78(12)64(40-50(7)8)74(90)96-66(42-54-27-31-56(32-28-54)44-82-58(33-35-75-82)46-92-60-23-19-16-20-24-60)70(86)80(14)62(38-48(3)4)72(88)94-51(9)67(83)77(11)63(39-49(5)6)73(89)95-65(69(85)79(61)13)41-53-25-29-55(30-26-53)43-81-36-34-57(76-81)45-91-59-21-17-15-18-22-59/h15-36,47-52,61-66H,37-46H2,1-14H3/t51-,52-,61+,62+,63+,64+,65-,66-/m1/s1. The highest BCUT2D eigenvalue weighted by molar-refractivity contribution is 5.94. The van der Waals surface area contributed by atoms with E-state index in [0.717, 1.165) is 47.9 Å². The van der Waals surface area contributed by atoms with Crippen LogP contribution in [0.25, 0.3) is 0 Å². The van der Waals surface area contributed by atoms with Crippen LogP contribution in [0.4, 0.5) is 0 Å². The van der Waals surface area contributed by atoms with Crippen LogP contribution < -0.4 is 9.47 Å². The maximum atomic E-state index is 15.2. The Bertz CT molecular complexity index is 3520. The van der Waals surface area contributed by atoms with Crippen molar-refractivity contribution in [2.75, 3.05) is 28.2 Å². The highest BCUT2D eigenvalue weighted by Crippen LogP contribution is 2.26. The lowest BCUT2D eigenvalue weighted by molar-refractivity contribution is -0.176. The third-order valence-electron chi connectivity index (χ3n) is 16.8. The van der Waals surface area contributed by atoms with Gasteiger partial charge in [-0.25, -0.2) is 19.2 Å². The molecule has 1 aliphatic heterocycles. The van der Waals surface area contributed by atoms with Gasteiger partial charge in [-0.2, -0.15) is 10.2 Å². The van der Waals surface area contributed by atoms with Gasteiger partial charge >= 0.3 is 23.9 Å². The number of hydrogen-bond acceptors (Lipinski definition) is 16. The molecule has 3 heterocycles. The van der Waals surface area contributed by atoms with Gasteiger partial charge in [-0.1, -0.05) is 140 Å². The molecule has 1 fully saturated rings. The number of likely N-dealkylation sites (N-methyl/N-ethyl adjacent to an activating group) is 4. The van der Waals surface area contributed by atoms with E-state index in [4.69, 9.17) is 28.4 Å². The van der Waals surface area contributed by atoms with Crippen LogP contribution in [0.15, 0.2) is 134 Å². The van der Waals surface area contributed by atoms with Gasteiger partial charge in [0.05, 0.1) is 24.5 Å². The molecular formula is C74H96N8O14. The predicted molar refractivity (Wildman–Crippen MR) is 359 cm³/mol. The van der Waals surface area contributed by atoms with Crippen LogP contribution in [-0.2, 0) is 96.4 Å². The number of esters is 4. The van der Waals surface area contributed by atoms with Crippen molar-refractivity contribution in [2.24, 2.45) is 23.7 Å². The van der Waals surface area contributed by atoms with Crippen molar-refractivity contribution in [2.45, 2.75) is 183 Å². The van der Waals surface area contributed by atoms with Gasteiger partial charge in [-0.3, -0.25) is 28.5 Å². The Morgan fingerprint density at radius 2 is 0.771 bits per heavy atom. The van der Waals surface area contributed by atoms with Gasteiger partial charge in [0.25, 0.3) is 23.6 Å². The molecule has 516 valence electrons. The van der Waals surface area contributed by atoms with E-state index in [0.29, 0.717) is 30.0 Å². The molecule has 0 N–H and O–H groups in total. The van der Waals surface area contributed by atoms with Gasteiger partial charge < -0.3 is 48.0 Å². The summed E-state index contributed by atoms with van der Waals surface area (Å²) in [4.78, 5) is 123. The van der Waals surface area contributed by atoms with E-state index in [2.05, 4.69) is 10.2 Å². The summed E-state index contributed by atoms with van der Waals surface area (Å²) in [6.07, 6.45) is -2.70. The van der Waals surface area contributed by atoms with E-state index >= 15 is 9.59 Å². The zero-order valence-corrected chi connectivity index (χ0v) is 58.0. The second-order valence-electron chi connectivity index (χ2n) is 26.6. The highest BCUT2D eigenvalue weighted by atomic mass is 16.6. The first-order valence-corrected chi connectivity index (χ1v) is 33.1. The largest absolute Gasteiger partial charge is 0.487 e. The lowest BCUT2D eigenvalue weighted by Gasteiger charge is -2.35. The second kappa shape index (κ2) is 34.9. The summed E-state index contributed by atoms with van der Waals surface area (Å²) in [5.41, 5.74) is 4.49. The van der Waals surface area contributed by atoms with Crippen molar-refractivity contribution in [1.82, 2.24) is 39.2 Å². The molecule has 0 saturated carbocycles. The van der Waals surface area contributed by atoms with E-state index < -0.39 is 96.1 Å². The maximum Gasteiger partial charge on any atom is 0.329 e. The Kier molecular flexibility index (Phi) is 26.9. The fourth-order valence-electron chi connectivity index (χ4n) is 11.4. The first-order valence-electron chi connectivity index (χ1n) is 33.1. The Morgan fingerprint density at radius 1 is 0.417 bits per heavy atom. The van der Waals surface area contributed by atoms with Crippen LogP contribution in [0.2, 0.25) is 0 Å². The molecule has 0 bridgehead atoms. The number of carbonyl (C=O) groups is 8. The lowest BCUT2D eigenvalue weighted by Crippen LogP contribution is -2.55. The smallest absolute Gasteiger partial charge is 0.329 e. The molecular weight excluding hydrogens is 1220 g/mol. The Morgan fingerprint density at radius 3 is 1.17 bits per heavy atom. The van der Waals surface area contributed by atoms with Crippen LogP contribution >= 0.6 is 0 Å². The van der Waals surface area contributed by atoms with E-state index in [1.54, 1.807) is 35.1 Å². The average Bonchev–Trinajstić information content (AvgIpc) is 1.17. The fourth-order valence-corrected chi connectivity index (χ4v) is 11.4. The number of rotatable bonds is 22. The van der Waals surface area contributed by atoms with Crippen molar-refractivity contribution in [3.63, 3.8) is 0 Å². The number of benzene rings is 4. The minimum atomic E-state index is -1.57. The maximum absolute atomic E-state index is 15.2. The van der Waals surface area contributed by atoms with Crippen LogP contribution in [-0.4, -0.2) is 163 Å². The summed E-state index contributed by atoms with van der Waals surface area (Å²) in [6, 6.07) is 32.0. The molecule has 4 aromatic carbocycles. The van der Waals surface area contributed by atoms with Crippen molar-refractivity contribution in [3.05, 3.63) is 167 Å². The minimum Gasteiger partial charge on any atom is -0.487 e. The third-order valence-corrected chi connectivity index (χ3v) is 16.8. The molecule has 1 saturated heterocycles. The van der Waals surface area contributed by atoms with Crippen LogP contribution in [0.1, 0.15) is 129 Å². The number of carbonyl (C=O) groups excluding carboxylic acids is 8. The molecule has 4 amide bonds. The predicted octanol–water partition coefficient (Wildman–Crippen LogP) is 9.31. The van der Waals surface area contributed by atoms with E-state index in [1.165, 1.54) is 42.0 Å². The number of hydrogen-bond donors (Lipinski definition) is 0. The average molecular weight is 1320 g/mol. The van der Waals surface area contributed by atoms with E-state index in [9.17, 15) is 28.8 Å². The summed E-state index contributed by atoms with van der Waals surface area (Å²) in [7, 11) is 5.57. The number of ether oxygens (including phenoxy) is 6. The lowest BCUT2D eigenvalue weighted by atomic mass is 9.99. The zero-order chi connectivity index (χ0) is 69.9. The summed E-state index contributed by atoms with van der Waals surface area (Å²) in [6.45, 7) is 18.9. The number of aromatic nitrogens is 4. The molecule has 96 heavy (non-hydrogen) atoms. The molecule has 0 radical (unpaired) electrons. The van der Waals surface area contributed by atoms with Gasteiger partial charge in [-0.15, -0.1) is 0 Å². The SMILES string of the molecule is CC(C)C[C@H]1C(=O)O[C@H](Cc2ccc(Cn3nccc3COc3ccccc3)cc2)C(=O)N(C)[C@@H](CC(C)C)C(=O)O[C@H](C)C(=O)N(C)[C@@H](CC(C)C)C(=O)O[C@H](Cc2ccc(Cn3ccc(COc4ccccc4)n3)cc2)C(=O)N(C)[C@@H](CC(C)C)C(=O)O[C@H](C)C(=O)N1C. The minimum absolute atomic E-state index is 0.0618. The molecule has 0 spiro atoms. The molecule has 8 atom stereocenters. The zero-order valence-electron chi connectivity index (χ0n) is 58.0. The molecule has 2 aromatic heterocycles. The quantitative estimate of drug-likeness (QED) is 0.0454. The highest BCUT2D eigenvalue weighted by Gasteiger charge is 2.43. The first-order chi connectivity index (χ1) is 45.6. The normalized spacial score (nSPS) is 21.2. The number of nitrogens with zero attached hydrogens (tertiary/aromatic N) is 8. The number of amides is 4. The van der Waals surface area contributed by atoms with E-state index in [1.807, 2.05) is 163 Å². The van der Waals surface area contributed by atoms with E-state index in [-0.39, 0.29) is 75.4 Å². The number of cyclic esters (lactones) is 4. The van der Waals surface area contributed by atoms with Crippen molar-refractivity contribution in [1.29, 1.82) is 0 Å². The third kappa shape index (κ3) is 21.1. The fraction of sp³-hybridized carbons (Fsp3) is 0.486. The first kappa shape index (κ1) is 74.1. The summed E-state index contributed by atoms with van der Waals surface area (Å²) in [5, 5.41) is 9.18. The Balaban J connectivity index is 1.20. The molecule has 7 rings (SSSR count). The molecule has 1 aliphatic rings. The Hall–Kier alpha value is -9.34. The summed E-state index contributed by atoms with van der Waals surface area (Å²) < 4.78 is 39.9. The number of para-hydroxylation sites is 2. The van der Waals surface area contributed by atoms with Gasteiger partial charge in [0, 0.05) is 53.4 Å². The molecule has 0 aliphatic carbocycles. The second-order valence-corrected chi connectivity index (χ2v) is 26.6. The summed E-state index contributed by atoms with van der Waals surface area (Å²) in [5.74, 6) is -6.21. The van der Waals surface area contributed by atoms with Gasteiger partial charge in [0.15, 0.2) is 24.4 Å². The topological polar surface area (TPSA) is 241 Å². The molecule has 22 nitrogen and oxygen atoms in total. The van der Waals surface area contributed by atoms with Gasteiger partial charge in [0.2, 0.25) is 0 Å². The molecule has 6 aromatic rings. The van der Waals surface area contributed by atoms with Crippen LogP contribution in [0.3, 0.4) is 0 Å². The van der Waals surface area contributed by atoms with Crippen LogP contribution in [0, 0.1) is 23.7 Å².